The molecule has 0 bridgehead atoms. The predicted octanol–water partition coefficient (Wildman–Crippen LogP) is 2.99. The highest BCUT2D eigenvalue weighted by Crippen LogP contribution is 2.28. The van der Waals surface area contributed by atoms with Gasteiger partial charge in [-0.2, -0.15) is 0 Å². The zero-order valence-electron chi connectivity index (χ0n) is 11.6. The van der Waals surface area contributed by atoms with Gasteiger partial charge in [0.2, 0.25) is 0 Å². The molecule has 20 heavy (non-hydrogen) atoms. The number of hydrogen-bond donors (Lipinski definition) is 1. The minimum atomic E-state index is -0.641. The van der Waals surface area contributed by atoms with Gasteiger partial charge in [-0.1, -0.05) is 23.2 Å². The summed E-state index contributed by atoms with van der Waals surface area (Å²) in [5.41, 5.74) is 5.53. The largest absolute Gasteiger partial charge is 0.479 e. The third-order valence-corrected chi connectivity index (χ3v) is 3.43. The fourth-order valence-corrected chi connectivity index (χ4v) is 1.93. The van der Waals surface area contributed by atoms with Crippen LogP contribution in [0.1, 0.15) is 13.8 Å². The standard InChI is InChI=1S/C13H18Cl2N2O2.ClH/c1-8(7-16)17(3)13(18)9(2)19-12-5-4-10(14)6-11(12)15;/h4-6,8-9H,7,16H2,1-3H3;1H. The van der Waals surface area contributed by atoms with Crippen molar-refractivity contribution in [3.63, 3.8) is 0 Å². The van der Waals surface area contributed by atoms with Crippen LogP contribution in [0.25, 0.3) is 0 Å². The number of nitrogens with zero attached hydrogens (tertiary/aromatic N) is 1. The molecule has 0 aromatic heterocycles. The minimum Gasteiger partial charge on any atom is -0.479 e. The Morgan fingerprint density at radius 1 is 1.40 bits per heavy atom. The highest BCUT2D eigenvalue weighted by molar-refractivity contribution is 6.35. The van der Waals surface area contributed by atoms with Crippen molar-refractivity contribution in [2.24, 2.45) is 5.73 Å². The van der Waals surface area contributed by atoms with Crippen LogP contribution in [0.2, 0.25) is 10.0 Å². The SMILES string of the molecule is CC(Oc1ccc(Cl)cc1Cl)C(=O)N(C)C(C)CN.Cl. The molecule has 4 nitrogen and oxygen atoms in total. The predicted molar refractivity (Wildman–Crippen MR) is 85.1 cm³/mol. The highest BCUT2D eigenvalue weighted by Gasteiger charge is 2.22. The smallest absolute Gasteiger partial charge is 0.263 e. The molecule has 0 saturated carbocycles. The Bertz CT molecular complexity index is 457. The molecule has 1 aromatic rings. The number of nitrogens with two attached hydrogens (primary N) is 1. The Morgan fingerprint density at radius 3 is 2.50 bits per heavy atom. The molecule has 0 aliphatic heterocycles. The van der Waals surface area contributed by atoms with Crippen molar-refractivity contribution in [2.75, 3.05) is 13.6 Å². The van der Waals surface area contributed by atoms with E-state index < -0.39 is 6.10 Å². The molecule has 0 spiro atoms. The molecule has 0 heterocycles. The van der Waals surface area contributed by atoms with E-state index in [-0.39, 0.29) is 24.4 Å². The normalized spacial score (nSPS) is 13.1. The maximum Gasteiger partial charge on any atom is 0.263 e. The summed E-state index contributed by atoms with van der Waals surface area (Å²) in [6.07, 6.45) is -0.641. The maximum absolute atomic E-state index is 12.1. The molecule has 114 valence electrons. The fourth-order valence-electron chi connectivity index (χ4n) is 1.47. The first-order valence-corrected chi connectivity index (χ1v) is 6.70. The number of benzene rings is 1. The average Bonchev–Trinajstić information content (AvgIpc) is 2.39. The lowest BCUT2D eigenvalue weighted by Gasteiger charge is -2.27. The molecule has 1 aromatic carbocycles. The van der Waals surface area contributed by atoms with Crippen molar-refractivity contribution >= 4 is 41.5 Å². The molecule has 0 saturated heterocycles. The van der Waals surface area contributed by atoms with Gasteiger partial charge in [0.05, 0.1) is 5.02 Å². The van der Waals surface area contributed by atoms with Crippen LogP contribution in [-0.4, -0.2) is 36.5 Å². The van der Waals surface area contributed by atoms with Gasteiger partial charge in [-0.25, -0.2) is 0 Å². The quantitative estimate of drug-likeness (QED) is 0.895. The Morgan fingerprint density at radius 2 is 2.00 bits per heavy atom. The third-order valence-electron chi connectivity index (χ3n) is 2.90. The summed E-state index contributed by atoms with van der Waals surface area (Å²) in [6, 6.07) is 4.83. The topological polar surface area (TPSA) is 55.6 Å². The van der Waals surface area contributed by atoms with Crippen LogP contribution in [-0.2, 0) is 4.79 Å². The first-order valence-electron chi connectivity index (χ1n) is 5.95. The monoisotopic (exact) mass is 340 g/mol. The lowest BCUT2D eigenvalue weighted by Crippen LogP contribution is -2.45. The molecular formula is C13H19Cl3N2O2. The van der Waals surface area contributed by atoms with E-state index in [1.165, 1.54) is 0 Å². The fraction of sp³-hybridized carbons (Fsp3) is 0.462. The molecule has 7 heteroatoms. The van der Waals surface area contributed by atoms with Crippen LogP contribution in [0.3, 0.4) is 0 Å². The van der Waals surface area contributed by atoms with Gasteiger partial charge in [-0.05, 0) is 32.0 Å². The second kappa shape index (κ2) is 8.57. The molecule has 2 unspecified atom stereocenters. The number of halogens is 3. The molecule has 1 rings (SSSR count). The summed E-state index contributed by atoms with van der Waals surface area (Å²) in [6.45, 7) is 3.95. The van der Waals surface area contributed by atoms with Gasteiger partial charge in [-0.15, -0.1) is 12.4 Å². The summed E-state index contributed by atoms with van der Waals surface area (Å²) in [4.78, 5) is 13.7. The molecule has 2 N–H and O–H groups in total. The van der Waals surface area contributed by atoms with Crippen LogP contribution >= 0.6 is 35.6 Å². The van der Waals surface area contributed by atoms with E-state index in [1.54, 1.807) is 37.1 Å². The lowest BCUT2D eigenvalue weighted by molar-refractivity contribution is -0.138. The Balaban J connectivity index is 0.00000361. The summed E-state index contributed by atoms with van der Waals surface area (Å²) in [7, 11) is 1.70. The Hall–Kier alpha value is -0.680. The molecule has 1 amide bonds. The second-order valence-corrected chi connectivity index (χ2v) is 5.21. The summed E-state index contributed by atoms with van der Waals surface area (Å²) >= 11 is 11.8. The lowest BCUT2D eigenvalue weighted by atomic mass is 10.2. The van der Waals surface area contributed by atoms with E-state index in [9.17, 15) is 4.79 Å². The summed E-state index contributed by atoms with van der Waals surface area (Å²) < 4.78 is 5.56. The second-order valence-electron chi connectivity index (χ2n) is 4.37. The highest BCUT2D eigenvalue weighted by atomic mass is 35.5. The molecule has 0 aliphatic carbocycles. The molecule has 2 atom stereocenters. The van der Waals surface area contributed by atoms with E-state index in [2.05, 4.69) is 0 Å². The number of rotatable bonds is 5. The van der Waals surface area contributed by atoms with Gasteiger partial charge in [0.1, 0.15) is 5.75 Å². The first kappa shape index (κ1) is 19.3. The van der Waals surface area contributed by atoms with Gasteiger partial charge in [0.15, 0.2) is 6.10 Å². The van der Waals surface area contributed by atoms with Gasteiger partial charge < -0.3 is 15.4 Å². The molecule has 0 fully saturated rings. The zero-order valence-corrected chi connectivity index (χ0v) is 13.9. The van der Waals surface area contributed by atoms with E-state index in [0.29, 0.717) is 22.3 Å². The van der Waals surface area contributed by atoms with Crippen LogP contribution in [0.5, 0.6) is 5.75 Å². The minimum absolute atomic E-state index is 0. The molecular weight excluding hydrogens is 323 g/mol. The number of likely N-dealkylation sites (N-methyl/N-ethyl adjacent to an activating group) is 1. The van der Waals surface area contributed by atoms with Gasteiger partial charge >= 0.3 is 0 Å². The van der Waals surface area contributed by atoms with E-state index >= 15 is 0 Å². The van der Waals surface area contributed by atoms with Gasteiger partial charge in [0.25, 0.3) is 5.91 Å². The maximum atomic E-state index is 12.1. The Labute approximate surface area is 135 Å². The number of amides is 1. The van der Waals surface area contributed by atoms with Crippen molar-refractivity contribution in [3.8, 4) is 5.75 Å². The van der Waals surface area contributed by atoms with Crippen molar-refractivity contribution in [1.82, 2.24) is 4.90 Å². The van der Waals surface area contributed by atoms with E-state index in [4.69, 9.17) is 33.7 Å². The van der Waals surface area contributed by atoms with Crippen molar-refractivity contribution < 1.29 is 9.53 Å². The molecule has 0 aliphatic rings. The van der Waals surface area contributed by atoms with Crippen LogP contribution in [0, 0.1) is 0 Å². The van der Waals surface area contributed by atoms with Gasteiger partial charge in [-0.3, -0.25) is 4.79 Å². The third kappa shape index (κ3) is 5.02. The summed E-state index contributed by atoms with van der Waals surface area (Å²) in [5, 5.41) is 0.895. The number of carbonyl (C=O) groups is 1. The zero-order chi connectivity index (χ0) is 14.6. The van der Waals surface area contributed by atoms with Crippen molar-refractivity contribution in [1.29, 1.82) is 0 Å². The number of carbonyl (C=O) groups excluding carboxylic acids is 1. The van der Waals surface area contributed by atoms with Crippen molar-refractivity contribution in [2.45, 2.75) is 26.0 Å². The first-order chi connectivity index (χ1) is 8.86. The van der Waals surface area contributed by atoms with Crippen LogP contribution in [0.4, 0.5) is 0 Å². The van der Waals surface area contributed by atoms with Gasteiger partial charge in [0, 0.05) is 24.7 Å². The average molecular weight is 342 g/mol. The van der Waals surface area contributed by atoms with E-state index in [1.807, 2.05) is 6.92 Å². The number of ether oxygens (including phenoxy) is 1. The van der Waals surface area contributed by atoms with Crippen LogP contribution in [0.15, 0.2) is 18.2 Å². The van der Waals surface area contributed by atoms with Crippen molar-refractivity contribution in [3.05, 3.63) is 28.2 Å². The summed E-state index contributed by atoms with van der Waals surface area (Å²) in [5.74, 6) is 0.282. The number of hydrogen-bond acceptors (Lipinski definition) is 3. The van der Waals surface area contributed by atoms with E-state index in [0.717, 1.165) is 0 Å². The van der Waals surface area contributed by atoms with Crippen LogP contribution < -0.4 is 10.5 Å². The molecule has 0 radical (unpaired) electrons. The Kier molecular flexibility index (Phi) is 8.28.